The molecule has 0 bridgehead atoms. The van der Waals surface area contributed by atoms with Gasteiger partial charge in [0.1, 0.15) is 5.84 Å². The van der Waals surface area contributed by atoms with Crippen molar-refractivity contribution in [3.63, 3.8) is 0 Å². The highest BCUT2D eigenvalue weighted by molar-refractivity contribution is 8.70. The molecule has 0 aromatic carbocycles. The first kappa shape index (κ1) is 15.8. The second-order valence-corrected chi connectivity index (χ2v) is 8.06. The molecule has 3 N–H and O–H groups in total. The van der Waals surface area contributed by atoms with E-state index in [-0.39, 0.29) is 11.6 Å². The maximum Gasteiger partial charge on any atom is 0.320 e. The monoisotopic (exact) mass is 294 g/mol. The van der Waals surface area contributed by atoms with E-state index in [0.29, 0.717) is 17.3 Å². The fourth-order valence-electron chi connectivity index (χ4n) is 2.22. The molecule has 0 aromatic heterocycles. The average Bonchev–Trinajstić information content (AvgIpc) is 2.54. The Morgan fingerprint density at radius 2 is 1.89 bits per heavy atom. The van der Waals surface area contributed by atoms with Crippen molar-refractivity contribution < 1.29 is 13.0 Å². The van der Waals surface area contributed by atoms with Crippen molar-refractivity contribution in [1.29, 1.82) is 0 Å². The van der Waals surface area contributed by atoms with Crippen molar-refractivity contribution in [3.8, 4) is 0 Å². The van der Waals surface area contributed by atoms with E-state index in [9.17, 15) is 8.42 Å². The Labute approximate surface area is 113 Å². The first-order valence-corrected chi connectivity index (χ1v) is 9.32. The lowest BCUT2D eigenvalue weighted by molar-refractivity contribution is 0.434. The van der Waals surface area contributed by atoms with Gasteiger partial charge in [0.25, 0.3) is 0 Å². The lowest BCUT2D eigenvalue weighted by Crippen LogP contribution is -2.17. The van der Waals surface area contributed by atoms with Gasteiger partial charge in [0.2, 0.25) is 0 Å². The molecule has 0 amide bonds. The molecule has 7 heteroatoms. The second-order valence-electron chi connectivity index (χ2n) is 4.71. The van der Waals surface area contributed by atoms with Crippen molar-refractivity contribution >= 4 is 25.8 Å². The molecule has 1 aliphatic carbocycles. The zero-order valence-electron chi connectivity index (χ0n) is 10.5. The van der Waals surface area contributed by atoms with Gasteiger partial charge in [-0.2, -0.15) is 8.42 Å². The number of nitrogens with zero attached hydrogens (tertiary/aromatic N) is 1. The van der Waals surface area contributed by atoms with E-state index in [2.05, 4.69) is 4.99 Å². The largest absolute Gasteiger partial charge is 0.387 e. The van der Waals surface area contributed by atoms with Gasteiger partial charge in [0.05, 0.1) is 5.75 Å². The van der Waals surface area contributed by atoms with Crippen LogP contribution in [0.25, 0.3) is 0 Å². The minimum absolute atomic E-state index is 0.0312. The minimum Gasteiger partial charge on any atom is -0.387 e. The smallest absolute Gasteiger partial charge is 0.320 e. The van der Waals surface area contributed by atoms with Gasteiger partial charge in [-0.1, -0.05) is 38.5 Å². The fourth-order valence-corrected chi connectivity index (χ4v) is 3.39. The molecule has 5 nitrogen and oxygen atoms in total. The fraction of sp³-hybridized carbons (Fsp3) is 0.909. The summed E-state index contributed by atoms with van der Waals surface area (Å²) < 4.78 is 29.6. The number of hydrogen-bond donors (Lipinski definition) is 2. The summed E-state index contributed by atoms with van der Waals surface area (Å²) >= 11 is 0. The molecule has 0 radical (unpaired) electrons. The molecule has 0 aliphatic heterocycles. The zero-order valence-corrected chi connectivity index (χ0v) is 12.2. The summed E-state index contributed by atoms with van der Waals surface area (Å²) in [6.45, 7) is 0.655. The highest BCUT2D eigenvalue weighted by atomic mass is 33.1. The number of amidine groups is 1. The van der Waals surface area contributed by atoms with Crippen molar-refractivity contribution in [2.24, 2.45) is 16.6 Å². The summed E-state index contributed by atoms with van der Waals surface area (Å²) in [6.07, 6.45) is 8.87. The lowest BCUT2D eigenvalue weighted by atomic mass is 9.97. The van der Waals surface area contributed by atoms with Gasteiger partial charge in [-0.3, -0.25) is 9.55 Å². The standard InChI is InChI=1S/C11H22N2O3S2/c12-11(9-17-18(14,15)16)13-8-7-10-5-3-1-2-4-6-10/h10H,1-9H2,(H2,12,13)(H,14,15,16). The summed E-state index contributed by atoms with van der Waals surface area (Å²) in [5.41, 5.74) is 5.58. The van der Waals surface area contributed by atoms with Gasteiger partial charge in [0, 0.05) is 17.3 Å². The van der Waals surface area contributed by atoms with Crippen molar-refractivity contribution in [3.05, 3.63) is 0 Å². The second kappa shape index (κ2) is 8.01. The van der Waals surface area contributed by atoms with Crippen LogP contribution >= 0.6 is 10.8 Å². The summed E-state index contributed by atoms with van der Waals surface area (Å²) in [5, 5.41) is 0. The number of aliphatic imine (C=N–C) groups is 1. The van der Waals surface area contributed by atoms with Crippen LogP contribution in [0.1, 0.15) is 44.9 Å². The first-order chi connectivity index (χ1) is 8.47. The third-order valence-electron chi connectivity index (χ3n) is 3.18. The summed E-state index contributed by atoms with van der Waals surface area (Å²) in [5.74, 6) is 1.05. The quantitative estimate of drug-likeness (QED) is 0.258. The maximum atomic E-state index is 10.5. The van der Waals surface area contributed by atoms with E-state index < -0.39 is 9.15 Å². The van der Waals surface area contributed by atoms with Crippen LogP contribution in [0.3, 0.4) is 0 Å². The van der Waals surface area contributed by atoms with Crippen LogP contribution in [-0.4, -0.2) is 31.1 Å². The molecule has 1 saturated carbocycles. The number of hydrogen-bond acceptors (Lipinski definition) is 4. The predicted molar refractivity (Wildman–Crippen MR) is 76.3 cm³/mol. The third kappa shape index (κ3) is 7.94. The van der Waals surface area contributed by atoms with Crippen LogP contribution in [0.15, 0.2) is 4.99 Å². The molecule has 0 heterocycles. The predicted octanol–water partition coefficient (Wildman–Crippen LogP) is 2.24. The van der Waals surface area contributed by atoms with Crippen LogP contribution in [0.4, 0.5) is 0 Å². The van der Waals surface area contributed by atoms with Crippen LogP contribution in [0, 0.1) is 5.92 Å². The molecular weight excluding hydrogens is 272 g/mol. The van der Waals surface area contributed by atoms with E-state index >= 15 is 0 Å². The molecule has 0 atom stereocenters. The van der Waals surface area contributed by atoms with E-state index in [0.717, 1.165) is 12.3 Å². The van der Waals surface area contributed by atoms with Crippen LogP contribution in [-0.2, 0) is 9.15 Å². The number of nitrogens with two attached hydrogens (primary N) is 1. The van der Waals surface area contributed by atoms with Gasteiger partial charge in [0.15, 0.2) is 0 Å². The molecular formula is C11H22N2O3S2. The van der Waals surface area contributed by atoms with E-state index in [4.69, 9.17) is 10.3 Å². The van der Waals surface area contributed by atoms with Crippen molar-refractivity contribution in [1.82, 2.24) is 0 Å². The molecule has 0 aromatic rings. The molecule has 1 aliphatic rings. The molecule has 1 fully saturated rings. The minimum atomic E-state index is -4.01. The normalized spacial score (nSPS) is 19.7. The Morgan fingerprint density at radius 3 is 2.44 bits per heavy atom. The van der Waals surface area contributed by atoms with Crippen LogP contribution in [0.5, 0.6) is 0 Å². The van der Waals surface area contributed by atoms with Gasteiger partial charge in [-0.05, 0) is 12.3 Å². The zero-order chi connectivity index (χ0) is 13.4. The Kier molecular flexibility index (Phi) is 7.03. The first-order valence-electron chi connectivity index (χ1n) is 6.38. The van der Waals surface area contributed by atoms with Crippen molar-refractivity contribution in [2.45, 2.75) is 44.9 Å². The Morgan fingerprint density at radius 1 is 1.28 bits per heavy atom. The van der Waals surface area contributed by atoms with Gasteiger partial charge in [-0.25, -0.2) is 0 Å². The summed E-state index contributed by atoms with van der Waals surface area (Å²) in [4.78, 5) is 4.15. The van der Waals surface area contributed by atoms with E-state index in [1.165, 1.54) is 38.5 Å². The highest BCUT2D eigenvalue weighted by Crippen LogP contribution is 2.25. The van der Waals surface area contributed by atoms with E-state index in [1.807, 2.05) is 0 Å². The SMILES string of the molecule is NC(CSS(=O)(=O)O)=NCCC1CCCCCC1. The molecule has 0 saturated heterocycles. The Hall–Kier alpha value is -0.270. The topological polar surface area (TPSA) is 92.8 Å². The Balaban J connectivity index is 2.21. The summed E-state index contributed by atoms with van der Waals surface area (Å²) in [7, 11) is -3.61. The molecule has 0 unspecified atom stereocenters. The van der Waals surface area contributed by atoms with Crippen LogP contribution in [0.2, 0.25) is 0 Å². The third-order valence-corrected chi connectivity index (χ3v) is 5.14. The van der Waals surface area contributed by atoms with E-state index in [1.54, 1.807) is 0 Å². The average molecular weight is 294 g/mol. The van der Waals surface area contributed by atoms with Gasteiger partial charge < -0.3 is 5.73 Å². The highest BCUT2D eigenvalue weighted by Gasteiger charge is 2.11. The summed E-state index contributed by atoms with van der Waals surface area (Å²) in [6, 6.07) is 0. The number of rotatable bonds is 6. The molecule has 0 spiro atoms. The van der Waals surface area contributed by atoms with Crippen molar-refractivity contribution in [2.75, 3.05) is 12.3 Å². The van der Waals surface area contributed by atoms with Crippen LogP contribution < -0.4 is 5.73 Å². The maximum absolute atomic E-state index is 10.5. The Bertz CT molecular complexity index is 360. The molecule has 106 valence electrons. The molecule has 1 rings (SSSR count). The van der Waals surface area contributed by atoms with Gasteiger partial charge in [-0.15, -0.1) is 0 Å². The van der Waals surface area contributed by atoms with Gasteiger partial charge >= 0.3 is 9.15 Å². The molecule has 18 heavy (non-hydrogen) atoms. The lowest BCUT2D eigenvalue weighted by Gasteiger charge is -2.11.